The molecule has 11 nitrogen and oxygen atoms in total. The van der Waals surface area contributed by atoms with E-state index in [-0.39, 0.29) is 22.6 Å². The van der Waals surface area contributed by atoms with Gasteiger partial charge in [-0.3, -0.25) is 4.79 Å². The van der Waals surface area contributed by atoms with E-state index in [1.165, 1.54) is 13.2 Å². The Morgan fingerprint density at radius 3 is 2.53 bits per heavy atom. The van der Waals surface area contributed by atoms with Gasteiger partial charge in [-0.1, -0.05) is 26.3 Å². The number of nitrogens with zero attached hydrogens (tertiary/aromatic N) is 2. The van der Waals surface area contributed by atoms with Crippen LogP contribution in [0, 0.1) is 5.92 Å². The summed E-state index contributed by atoms with van der Waals surface area (Å²) in [6, 6.07) is 3.59. The number of hydrogen-bond donors (Lipinski definition) is 2. The highest BCUT2D eigenvalue weighted by atomic mass is 32.2. The first kappa shape index (κ1) is 28.4. The lowest BCUT2D eigenvalue weighted by Gasteiger charge is -2.33. The van der Waals surface area contributed by atoms with E-state index >= 15 is 0 Å². The fourth-order valence-electron chi connectivity index (χ4n) is 4.83. The van der Waals surface area contributed by atoms with Crippen LogP contribution < -0.4 is 16.1 Å². The predicted octanol–water partition coefficient (Wildman–Crippen LogP) is 2.26. The van der Waals surface area contributed by atoms with Gasteiger partial charge in [0.15, 0.2) is 0 Å². The maximum absolute atomic E-state index is 13.5. The number of carbonyl (C=O) groups is 2. The summed E-state index contributed by atoms with van der Waals surface area (Å²) >= 11 is 0. The van der Waals surface area contributed by atoms with Gasteiger partial charge in [0, 0.05) is 6.54 Å². The van der Waals surface area contributed by atoms with Gasteiger partial charge < -0.3 is 29.6 Å². The number of ether oxygens (including phenoxy) is 1. The van der Waals surface area contributed by atoms with Gasteiger partial charge in [-0.05, 0) is 64.1 Å². The second-order valence-electron chi connectivity index (χ2n) is 11.1. The number of hydrogen-bond acceptors (Lipinski definition) is 8. The number of amides is 2. The molecule has 0 aromatic heterocycles. The molecule has 2 saturated heterocycles. The number of carbonyl (C=O) groups excluding carboxylic acids is 2. The molecule has 3 unspecified atom stereocenters. The van der Waals surface area contributed by atoms with Crippen molar-refractivity contribution >= 4 is 46.1 Å². The Hall–Kier alpha value is -2.64. The molecule has 2 N–H and O–H groups in total. The second-order valence-corrected chi connectivity index (χ2v) is 12.7. The number of likely N-dealkylation sites (tertiary alicyclic amines) is 1. The van der Waals surface area contributed by atoms with Crippen LogP contribution in [0.3, 0.4) is 0 Å². The van der Waals surface area contributed by atoms with Gasteiger partial charge in [0.2, 0.25) is 5.91 Å². The highest BCUT2D eigenvalue weighted by molar-refractivity contribution is 7.90. The standard InChI is InChI=1S/C25H37BN4O7S/c1-8-15(2)20(28-23(32)35-7)22(31)30-13-9-10-18(30)21-27-17-12-11-16(14-19(17)38(33,34)29-21)26-36-24(3,4)25(5,6)37-26/h11-12,14-15,18,20H,8-10,13H2,1-7H3,(H,27,29)(H,28,32). The van der Waals surface area contributed by atoms with E-state index in [2.05, 4.69) is 15.0 Å². The highest BCUT2D eigenvalue weighted by Gasteiger charge is 2.52. The van der Waals surface area contributed by atoms with Gasteiger partial charge in [0.1, 0.15) is 16.8 Å². The zero-order chi connectivity index (χ0) is 28.0. The van der Waals surface area contributed by atoms with E-state index < -0.39 is 46.5 Å². The summed E-state index contributed by atoms with van der Waals surface area (Å²) in [5, 5.41) is 5.79. The van der Waals surface area contributed by atoms with Crippen LogP contribution in [0.15, 0.2) is 27.5 Å². The Balaban J connectivity index is 1.59. The van der Waals surface area contributed by atoms with Crippen LogP contribution in [0.25, 0.3) is 0 Å². The molecule has 3 heterocycles. The molecule has 0 bridgehead atoms. The van der Waals surface area contributed by atoms with Crippen molar-refractivity contribution < 1.29 is 32.1 Å². The minimum absolute atomic E-state index is 0.0224. The number of alkyl carbamates (subject to hydrolysis) is 1. The molecule has 0 saturated carbocycles. The number of rotatable bonds is 6. The first-order valence-electron chi connectivity index (χ1n) is 13.0. The van der Waals surface area contributed by atoms with Gasteiger partial charge in [-0.15, -0.1) is 4.40 Å². The monoisotopic (exact) mass is 548 g/mol. The third kappa shape index (κ3) is 5.15. The van der Waals surface area contributed by atoms with Gasteiger partial charge >= 0.3 is 13.2 Å². The summed E-state index contributed by atoms with van der Waals surface area (Å²) in [6.45, 7) is 12.0. The van der Waals surface area contributed by atoms with E-state index in [9.17, 15) is 18.0 Å². The van der Waals surface area contributed by atoms with Crippen LogP contribution in [0.1, 0.15) is 60.8 Å². The molecule has 4 rings (SSSR count). The first-order valence-corrected chi connectivity index (χ1v) is 14.4. The van der Waals surface area contributed by atoms with Crippen LogP contribution in [0.2, 0.25) is 0 Å². The highest BCUT2D eigenvalue weighted by Crippen LogP contribution is 2.37. The first-order chi connectivity index (χ1) is 17.7. The van der Waals surface area contributed by atoms with E-state index in [0.29, 0.717) is 37.0 Å². The van der Waals surface area contributed by atoms with Crippen LogP contribution in [-0.2, 0) is 28.9 Å². The quantitative estimate of drug-likeness (QED) is 0.517. The molecule has 3 aliphatic rings. The SMILES string of the molecule is CCC(C)C(NC(=O)OC)C(=O)N1CCCC1C1=NS(=O)(=O)c2cc(B3OC(C)(C)C(C)(C)O3)ccc2N1. The van der Waals surface area contributed by atoms with Crippen molar-refractivity contribution in [2.75, 3.05) is 19.0 Å². The molecule has 38 heavy (non-hydrogen) atoms. The number of sulfonamides is 1. The summed E-state index contributed by atoms with van der Waals surface area (Å²) < 4.78 is 47.6. The largest absolute Gasteiger partial charge is 0.494 e. The van der Waals surface area contributed by atoms with Gasteiger partial charge in [0.05, 0.1) is 30.0 Å². The predicted molar refractivity (Wildman–Crippen MR) is 144 cm³/mol. The molecule has 1 aromatic rings. The van der Waals surface area contributed by atoms with Crippen LogP contribution in [0.4, 0.5) is 10.5 Å². The van der Waals surface area contributed by atoms with E-state index in [0.717, 1.165) is 0 Å². The second kappa shape index (κ2) is 10.2. The number of anilines is 1. The fourth-order valence-corrected chi connectivity index (χ4v) is 6.03. The lowest BCUT2D eigenvalue weighted by Crippen LogP contribution is -2.55. The molecule has 3 aliphatic heterocycles. The van der Waals surface area contributed by atoms with Crippen molar-refractivity contribution in [1.29, 1.82) is 0 Å². The molecule has 3 atom stereocenters. The van der Waals surface area contributed by atoms with Crippen LogP contribution >= 0.6 is 0 Å². The van der Waals surface area contributed by atoms with Crippen molar-refractivity contribution in [3.8, 4) is 0 Å². The molecule has 208 valence electrons. The lowest BCUT2D eigenvalue weighted by molar-refractivity contribution is -0.134. The summed E-state index contributed by atoms with van der Waals surface area (Å²) in [7, 11) is -3.54. The fraction of sp³-hybridized carbons (Fsp3) is 0.640. The Morgan fingerprint density at radius 1 is 1.26 bits per heavy atom. The number of nitrogens with one attached hydrogen (secondary N) is 2. The van der Waals surface area contributed by atoms with Crippen molar-refractivity contribution in [3.05, 3.63) is 18.2 Å². The Kier molecular flexibility index (Phi) is 7.59. The average Bonchev–Trinajstić information content (AvgIpc) is 3.42. The molecule has 2 fully saturated rings. The third-order valence-electron chi connectivity index (χ3n) is 8.08. The van der Waals surface area contributed by atoms with Gasteiger partial charge in [-0.25, -0.2) is 4.79 Å². The Morgan fingerprint density at radius 2 is 1.92 bits per heavy atom. The van der Waals surface area contributed by atoms with Crippen molar-refractivity contribution in [2.45, 2.75) is 89.0 Å². The number of benzene rings is 1. The van der Waals surface area contributed by atoms with Crippen molar-refractivity contribution in [2.24, 2.45) is 10.3 Å². The minimum atomic E-state index is -4.06. The van der Waals surface area contributed by atoms with E-state index in [4.69, 9.17) is 14.0 Å². The van der Waals surface area contributed by atoms with Gasteiger partial charge in [0.25, 0.3) is 10.0 Å². The molecular weight excluding hydrogens is 511 g/mol. The number of methoxy groups -OCH3 is 1. The summed E-state index contributed by atoms with van der Waals surface area (Å²) in [4.78, 5) is 27.1. The van der Waals surface area contributed by atoms with E-state index in [1.54, 1.807) is 17.0 Å². The zero-order valence-electron chi connectivity index (χ0n) is 23.0. The molecule has 2 amide bonds. The molecule has 0 aliphatic carbocycles. The minimum Gasteiger partial charge on any atom is -0.453 e. The zero-order valence-corrected chi connectivity index (χ0v) is 23.8. The number of fused-ring (bicyclic) bond motifs is 1. The third-order valence-corrected chi connectivity index (χ3v) is 9.41. The maximum atomic E-state index is 13.5. The summed E-state index contributed by atoms with van der Waals surface area (Å²) in [5.74, 6) is -0.259. The van der Waals surface area contributed by atoms with Crippen LogP contribution in [0.5, 0.6) is 0 Å². The van der Waals surface area contributed by atoms with Crippen LogP contribution in [-0.4, -0.2) is 75.2 Å². The average molecular weight is 548 g/mol. The van der Waals surface area contributed by atoms with Crippen molar-refractivity contribution in [1.82, 2.24) is 10.2 Å². The lowest BCUT2D eigenvalue weighted by atomic mass is 9.79. The Labute approximate surface area is 224 Å². The summed E-state index contributed by atoms with van der Waals surface area (Å²) in [5.41, 5.74) is -0.176. The molecule has 0 spiro atoms. The molecular formula is C25H37BN4O7S. The molecule has 13 heteroatoms. The van der Waals surface area contributed by atoms with Gasteiger partial charge in [-0.2, -0.15) is 8.42 Å². The molecule has 1 aromatic carbocycles. The molecule has 0 radical (unpaired) electrons. The topological polar surface area (TPSA) is 136 Å². The van der Waals surface area contributed by atoms with Crippen molar-refractivity contribution in [3.63, 3.8) is 0 Å². The van der Waals surface area contributed by atoms with E-state index in [1.807, 2.05) is 41.5 Å². The smallest absolute Gasteiger partial charge is 0.453 e. The number of amidine groups is 1. The maximum Gasteiger partial charge on any atom is 0.494 e. The normalized spacial score (nSPS) is 24.6. The summed E-state index contributed by atoms with van der Waals surface area (Å²) in [6.07, 6.45) is 1.18. The Bertz CT molecular complexity index is 1230.